The first-order chi connectivity index (χ1) is 3.48. The Bertz CT molecular complexity index is 86.9. The Morgan fingerprint density at radius 3 is 1.88 bits per heavy atom. The van der Waals surface area contributed by atoms with Crippen molar-refractivity contribution in [2.75, 3.05) is 0 Å². The number of rotatable bonds is 1. The molecule has 0 aromatic rings. The van der Waals surface area contributed by atoms with Crippen LogP contribution in [-0.2, 0) is 0 Å². The minimum atomic E-state index is -0.609. The maximum Gasteiger partial charge on any atom is 0.170 e. The lowest BCUT2D eigenvalue weighted by atomic mass is 9.97. The molecule has 0 bridgehead atoms. The maximum atomic E-state index is 9.77. The van der Waals surface area contributed by atoms with Crippen molar-refractivity contribution >= 4 is 11.6 Å². The summed E-state index contributed by atoms with van der Waals surface area (Å²) < 4.78 is 0. The molecule has 0 N–H and O–H groups in total. The lowest BCUT2D eigenvalue weighted by molar-refractivity contribution is 0.395. The molecule has 8 heavy (non-hydrogen) atoms. The predicted molar refractivity (Wildman–Crippen MR) is 34.9 cm³/mol. The van der Waals surface area contributed by atoms with Crippen molar-refractivity contribution in [3.8, 4) is 0 Å². The van der Waals surface area contributed by atoms with Gasteiger partial charge in [0, 0.05) is 5.41 Å². The van der Waals surface area contributed by atoms with Crippen LogP contribution >= 0.6 is 11.6 Å². The summed E-state index contributed by atoms with van der Waals surface area (Å²) in [5, 5.41) is 2.68. The topological polar surface area (TPSA) is 29.4 Å². The van der Waals surface area contributed by atoms with Gasteiger partial charge in [-0.2, -0.15) is 0 Å². The number of nitrogens with zero attached hydrogens (tertiary/aromatic N) is 1. The average molecular weight is 136 g/mol. The minimum Gasteiger partial charge on any atom is -0.149 e. The number of hydrogen-bond donors (Lipinski definition) is 0. The summed E-state index contributed by atoms with van der Waals surface area (Å²) in [6, 6.07) is 0. The van der Waals surface area contributed by atoms with Gasteiger partial charge in [0.15, 0.2) is 5.50 Å². The molecule has 1 atom stereocenters. The predicted octanol–water partition coefficient (Wildman–Crippen LogP) is 2.36. The van der Waals surface area contributed by atoms with Crippen molar-refractivity contribution in [2.24, 2.45) is 10.6 Å². The van der Waals surface area contributed by atoms with Crippen LogP contribution < -0.4 is 0 Å². The van der Waals surface area contributed by atoms with E-state index in [2.05, 4.69) is 5.18 Å². The van der Waals surface area contributed by atoms with Gasteiger partial charge in [-0.15, -0.1) is 4.91 Å². The highest BCUT2D eigenvalue weighted by atomic mass is 35.5. The summed E-state index contributed by atoms with van der Waals surface area (Å²) >= 11 is 5.46. The van der Waals surface area contributed by atoms with Crippen LogP contribution in [0.4, 0.5) is 0 Å². The lowest BCUT2D eigenvalue weighted by Crippen LogP contribution is -2.17. The highest BCUT2D eigenvalue weighted by Crippen LogP contribution is 2.24. The molecule has 0 saturated carbocycles. The van der Waals surface area contributed by atoms with Gasteiger partial charge in [0.25, 0.3) is 0 Å². The fraction of sp³-hybridized carbons (Fsp3) is 1.00. The van der Waals surface area contributed by atoms with Crippen LogP contribution in [0.15, 0.2) is 5.18 Å². The third-order valence-corrected chi connectivity index (χ3v) is 1.54. The fourth-order valence-corrected chi connectivity index (χ4v) is 0.158. The smallest absolute Gasteiger partial charge is 0.149 e. The lowest BCUT2D eigenvalue weighted by Gasteiger charge is -2.17. The Balaban J connectivity index is 3.80. The maximum absolute atomic E-state index is 9.77. The Kier molecular flexibility index (Phi) is 2.41. The van der Waals surface area contributed by atoms with Gasteiger partial charge in [0.1, 0.15) is 0 Å². The first kappa shape index (κ1) is 7.89. The highest BCUT2D eigenvalue weighted by Gasteiger charge is 2.22. The summed E-state index contributed by atoms with van der Waals surface area (Å²) in [5.74, 6) is 0. The summed E-state index contributed by atoms with van der Waals surface area (Å²) in [6.07, 6.45) is 0. The third kappa shape index (κ3) is 2.26. The fourth-order valence-electron chi connectivity index (χ4n) is 0.158. The van der Waals surface area contributed by atoms with E-state index in [1.54, 1.807) is 0 Å². The van der Waals surface area contributed by atoms with E-state index in [0.29, 0.717) is 0 Å². The molecule has 0 aliphatic rings. The zero-order valence-electron chi connectivity index (χ0n) is 5.31. The van der Waals surface area contributed by atoms with Crippen molar-refractivity contribution in [3.05, 3.63) is 4.91 Å². The molecule has 0 aromatic carbocycles. The molecule has 0 amide bonds. The van der Waals surface area contributed by atoms with Gasteiger partial charge in [-0.1, -0.05) is 32.4 Å². The monoisotopic (exact) mass is 135 g/mol. The summed E-state index contributed by atoms with van der Waals surface area (Å²) in [7, 11) is 0. The van der Waals surface area contributed by atoms with Gasteiger partial charge in [-0.25, -0.2) is 0 Å². The molecule has 0 rings (SSSR count). The summed E-state index contributed by atoms with van der Waals surface area (Å²) in [4.78, 5) is 9.77. The summed E-state index contributed by atoms with van der Waals surface area (Å²) in [5.41, 5.74) is -0.814. The van der Waals surface area contributed by atoms with E-state index in [4.69, 9.17) is 11.6 Å². The van der Waals surface area contributed by atoms with Crippen LogP contribution in [0.25, 0.3) is 0 Å². The van der Waals surface area contributed by atoms with Gasteiger partial charge in [-0.05, 0) is 5.18 Å². The SMILES string of the molecule is CC(C)(C)C(Cl)N=O. The van der Waals surface area contributed by atoms with Crippen LogP contribution in [-0.4, -0.2) is 5.50 Å². The number of nitroso groups, excluding NO2 is 1. The van der Waals surface area contributed by atoms with Crippen molar-refractivity contribution in [1.29, 1.82) is 0 Å². The molecule has 0 radical (unpaired) electrons. The molecular formula is C5H10ClNO. The van der Waals surface area contributed by atoms with Gasteiger partial charge in [0.05, 0.1) is 0 Å². The molecule has 0 saturated heterocycles. The molecule has 0 fully saturated rings. The average Bonchev–Trinajstić information content (AvgIpc) is 1.62. The normalized spacial score (nSPS) is 15.5. The molecule has 0 heterocycles. The number of hydrogen-bond acceptors (Lipinski definition) is 2. The van der Waals surface area contributed by atoms with Crippen LogP contribution in [0.1, 0.15) is 20.8 Å². The van der Waals surface area contributed by atoms with Crippen molar-refractivity contribution in [1.82, 2.24) is 0 Å². The van der Waals surface area contributed by atoms with Crippen LogP contribution in [0, 0.1) is 10.3 Å². The van der Waals surface area contributed by atoms with E-state index in [-0.39, 0.29) is 5.41 Å². The van der Waals surface area contributed by atoms with E-state index in [0.717, 1.165) is 0 Å². The summed E-state index contributed by atoms with van der Waals surface area (Å²) in [6.45, 7) is 5.60. The molecule has 1 unspecified atom stereocenters. The molecule has 3 heteroatoms. The van der Waals surface area contributed by atoms with Gasteiger partial charge in [-0.3, -0.25) is 0 Å². The number of alkyl halides is 1. The molecule has 2 nitrogen and oxygen atoms in total. The first-order valence-corrected chi connectivity index (χ1v) is 2.88. The van der Waals surface area contributed by atoms with Gasteiger partial charge < -0.3 is 0 Å². The first-order valence-electron chi connectivity index (χ1n) is 2.45. The van der Waals surface area contributed by atoms with Crippen molar-refractivity contribution in [3.63, 3.8) is 0 Å². The van der Waals surface area contributed by atoms with Crippen LogP contribution in [0.2, 0.25) is 0 Å². The molecule has 0 spiro atoms. The molecule has 0 aliphatic carbocycles. The molecule has 0 aromatic heterocycles. The molecule has 0 aliphatic heterocycles. The quantitative estimate of drug-likeness (QED) is 0.308. The van der Waals surface area contributed by atoms with Gasteiger partial charge in [0.2, 0.25) is 0 Å². The second kappa shape index (κ2) is 2.44. The number of halogens is 1. The third-order valence-electron chi connectivity index (χ3n) is 0.807. The van der Waals surface area contributed by atoms with E-state index >= 15 is 0 Å². The zero-order valence-corrected chi connectivity index (χ0v) is 6.07. The highest BCUT2D eigenvalue weighted by molar-refractivity contribution is 6.20. The van der Waals surface area contributed by atoms with Crippen LogP contribution in [0.5, 0.6) is 0 Å². The van der Waals surface area contributed by atoms with E-state index < -0.39 is 5.50 Å². The molecular weight excluding hydrogens is 126 g/mol. The molecule has 48 valence electrons. The Hall–Kier alpha value is -0.110. The van der Waals surface area contributed by atoms with Crippen LogP contribution in [0.3, 0.4) is 0 Å². The van der Waals surface area contributed by atoms with E-state index in [1.165, 1.54) is 0 Å². The largest absolute Gasteiger partial charge is 0.170 e. The Morgan fingerprint density at radius 2 is 1.88 bits per heavy atom. The zero-order chi connectivity index (χ0) is 6.78. The van der Waals surface area contributed by atoms with Crippen molar-refractivity contribution in [2.45, 2.75) is 26.3 Å². The van der Waals surface area contributed by atoms with Gasteiger partial charge >= 0.3 is 0 Å². The second-order valence-corrected chi connectivity index (χ2v) is 3.22. The second-order valence-electron chi connectivity index (χ2n) is 2.81. The minimum absolute atomic E-state index is 0.205. The Labute approximate surface area is 54.2 Å². The van der Waals surface area contributed by atoms with E-state index in [9.17, 15) is 4.91 Å². The van der Waals surface area contributed by atoms with Crippen molar-refractivity contribution < 1.29 is 0 Å². The van der Waals surface area contributed by atoms with E-state index in [1.807, 2.05) is 20.8 Å². The standard InChI is InChI=1S/C5H10ClNO/c1-5(2,3)4(6)7-8/h4H,1-3H3. The Morgan fingerprint density at radius 1 is 1.50 bits per heavy atom.